The van der Waals surface area contributed by atoms with Gasteiger partial charge in [-0.3, -0.25) is 4.90 Å². The zero-order valence-electron chi connectivity index (χ0n) is 14.3. The fraction of sp³-hybridized carbons (Fsp3) is 0.529. The second-order valence-electron chi connectivity index (χ2n) is 6.05. The highest BCUT2D eigenvalue weighted by Gasteiger charge is 2.10. The number of nitrogens with zero attached hydrogens (tertiary/aromatic N) is 3. The van der Waals surface area contributed by atoms with Crippen molar-refractivity contribution in [3.05, 3.63) is 24.3 Å². The molecule has 136 valence electrons. The molecule has 25 heavy (non-hydrogen) atoms. The molecular weight excluding hydrogens is 354 g/mol. The topological polar surface area (TPSA) is 76.3 Å². The van der Waals surface area contributed by atoms with Gasteiger partial charge in [-0.2, -0.15) is 8.75 Å². The second-order valence-corrected chi connectivity index (χ2v) is 7.60. The van der Waals surface area contributed by atoms with Crippen molar-refractivity contribution in [3.8, 4) is 5.75 Å². The van der Waals surface area contributed by atoms with Crippen molar-refractivity contribution in [3.63, 3.8) is 0 Å². The number of rotatable bonds is 9. The number of piperidine rings is 1. The van der Waals surface area contributed by atoms with Gasteiger partial charge in [0.25, 0.3) is 0 Å². The Morgan fingerprint density at radius 2 is 2.12 bits per heavy atom. The van der Waals surface area contributed by atoms with Crippen LogP contribution in [0.4, 0.5) is 11.6 Å². The molecular formula is C17H25N5OS2. The molecule has 1 fully saturated rings. The highest BCUT2D eigenvalue weighted by atomic mass is 32.2. The molecule has 1 aromatic carbocycles. The fourth-order valence-corrected chi connectivity index (χ4v) is 4.11. The molecule has 1 saturated heterocycles. The van der Waals surface area contributed by atoms with Gasteiger partial charge in [0.05, 0.1) is 18.3 Å². The Hall–Kier alpha value is -1.51. The molecule has 3 N–H and O–H groups in total. The third kappa shape index (κ3) is 6.05. The van der Waals surface area contributed by atoms with E-state index in [-0.39, 0.29) is 0 Å². The number of likely N-dealkylation sites (tertiary alicyclic amines) is 1. The van der Waals surface area contributed by atoms with Gasteiger partial charge in [0.15, 0.2) is 11.6 Å². The van der Waals surface area contributed by atoms with Crippen LogP contribution in [0.5, 0.6) is 5.75 Å². The van der Waals surface area contributed by atoms with Crippen molar-refractivity contribution in [1.29, 1.82) is 0 Å². The minimum Gasteiger partial charge on any atom is -0.493 e. The Labute approximate surface area is 157 Å². The smallest absolute Gasteiger partial charge is 0.184 e. The molecule has 1 aliphatic rings. The summed E-state index contributed by atoms with van der Waals surface area (Å²) in [4.78, 5) is 3.80. The van der Waals surface area contributed by atoms with Crippen LogP contribution in [0.1, 0.15) is 25.7 Å². The number of benzene rings is 1. The largest absolute Gasteiger partial charge is 0.493 e. The van der Waals surface area contributed by atoms with E-state index in [1.807, 2.05) is 17.8 Å². The van der Waals surface area contributed by atoms with Crippen LogP contribution in [0.25, 0.3) is 0 Å². The molecule has 0 amide bonds. The second kappa shape index (κ2) is 9.84. The van der Waals surface area contributed by atoms with Crippen LogP contribution >= 0.6 is 23.5 Å². The first-order chi connectivity index (χ1) is 12.3. The van der Waals surface area contributed by atoms with E-state index in [9.17, 15) is 0 Å². The highest BCUT2D eigenvalue weighted by Crippen LogP contribution is 2.25. The van der Waals surface area contributed by atoms with Crippen molar-refractivity contribution in [2.45, 2.75) is 30.6 Å². The Balaban J connectivity index is 1.35. The van der Waals surface area contributed by atoms with E-state index < -0.39 is 0 Å². The van der Waals surface area contributed by atoms with Crippen LogP contribution in [0.2, 0.25) is 0 Å². The van der Waals surface area contributed by atoms with Gasteiger partial charge in [-0.1, -0.05) is 12.5 Å². The summed E-state index contributed by atoms with van der Waals surface area (Å²) in [5.74, 6) is 3.13. The van der Waals surface area contributed by atoms with Crippen LogP contribution in [-0.4, -0.2) is 45.8 Å². The number of hydrogen-bond donors (Lipinski definition) is 2. The predicted molar refractivity (Wildman–Crippen MR) is 106 cm³/mol. The number of hydrogen-bond acceptors (Lipinski definition) is 8. The Kier molecular flexibility index (Phi) is 7.20. The van der Waals surface area contributed by atoms with Gasteiger partial charge >= 0.3 is 0 Å². The van der Waals surface area contributed by atoms with Crippen molar-refractivity contribution in [1.82, 2.24) is 13.6 Å². The van der Waals surface area contributed by atoms with E-state index in [4.69, 9.17) is 10.5 Å². The first-order valence-corrected chi connectivity index (χ1v) is 10.4. The van der Waals surface area contributed by atoms with Gasteiger partial charge in [0, 0.05) is 17.3 Å². The first-order valence-electron chi connectivity index (χ1n) is 8.71. The molecule has 0 saturated carbocycles. The Morgan fingerprint density at radius 1 is 1.24 bits per heavy atom. The number of nitrogen functional groups attached to an aromatic ring is 1. The van der Waals surface area contributed by atoms with Gasteiger partial charge < -0.3 is 15.8 Å². The van der Waals surface area contributed by atoms with E-state index in [1.165, 1.54) is 37.2 Å². The molecule has 0 spiro atoms. The molecule has 6 nitrogen and oxygen atoms in total. The lowest BCUT2D eigenvalue weighted by Gasteiger charge is -2.25. The quantitative estimate of drug-likeness (QED) is 0.510. The molecule has 0 radical (unpaired) electrons. The zero-order chi connectivity index (χ0) is 17.3. The summed E-state index contributed by atoms with van der Waals surface area (Å²) >= 11 is 3.01. The van der Waals surface area contributed by atoms with Crippen LogP contribution in [0, 0.1) is 0 Å². The summed E-state index contributed by atoms with van der Waals surface area (Å²) in [7, 11) is 0. The van der Waals surface area contributed by atoms with Crippen LogP contribution in [-0.2, 0) is 0 Å². The van der Waals surface area contributed by atoms with Gasteiger partial charge in [0.2, 0.25) is 0 Å². The maximum absolute atomic E-state index is 5.86. The van der Waals surface area contributed by atoms with Crippen molar-refractivity contribution >= 4 is 35.1 Å². The summed E-state index contributed by atoms with van der Waals surface area (Å²) in [6.45, 7) is 3.88. The van der Waals surface area contributed by atoms with Gasteiger partial charge in [-0.05, 0) is 50.6 Å². The maximum Gasteiger partial charge on any atom is 0.184 e. The molecule has 2 aromatic rings. The normalized spacial score (nSPS) is 15.2. The number of ether oxygens (including phenoxy) is 1. The average Bonchev–Trinajstić information content (AvgIpc) is 3.06. The van der Waals surface area contributed by atoms with E-state index in [0.717, 1.165) is 36.3 Å². The molecule has 3 rings (SSSR count). The molecule has 8 heteroatoms. The highest BCUT2D eigenvalue weighted by molar-refractivity contribution is 7.99. The van der Waals surface area contributed by atoms with E-state index in [1.54, 1.807) is 0 Å². The van der Waals surface area contributed by atoms with Crippen molar-refractivity contribution in [2.75, 3.05) is 43.2 Å². The van der Waals surface area contributed by atoms with Gasteiger partial charge in [-0.25, -0.2) is 0 Å². The summed E-state index contributed by atoms with van der Waals surface area (Å²) in [5.41, 5.74) is 5.68. The van der Waals surface area contributed by atoms with Gasteiger partial charge in [-0.15, -0.1) is 11.8 Å². The van der Waals surface area contributed by atoms with Crippen LogP contribution in [0.3, 0.4) is 0 Å². The van der Waals surface area contributed by atoms with E-state index in [0.29, 0.717) is 18.2 Å². The standard InChI is InChI=1S/C17H25N5OS2/c18-16-17(21-25-20-16)19-8-5-11-23-14-6-4-7-15(12-14)24-13-22-9-2-1-3-10-22/h4,6-7,12H,1-3,5,8-11,13H2,(H2,18,20)(H,19,21). The van der Waals surface area contributed by atoms with Crippen molar-refractivity contribution < 1.29 is 4.74 Å². The third-order valence-electron chi connectivity index (χ3n) is 4.06. The summed E-state index contributed by atoms with van der Waals surface area (Å²) in [6, 6.07) is 8.36. The lowest BCUT2D eigenvalue weighted by atomic mass is 10.1. The monoisotopic (exact) mass is 379 g/mol. The predicted octanol–water partition coefficient (Wildman–Crippen LogP) is 3.54. The molecule has 0 atom stereocenters. The molecule has 0 unspecified atom stereocenters. The SMILES string of the molecule is Nc1nsnc1NCCCOc1cccc(SCN2CCCCC2)c1. The van der Waals surface area contributed by atoms with E-state index in [2.05, 4.69) is 37.2 Å². The number of nitrogens with one attached hydrogen (secondary N) is 1. The molecule has 0 aliphatic carbocycles. The zero-order valence-corrected chi connectivity index (χ0v) is 16.0. The van der Waals surface area contributed by atoms with E-state index >= 15 is 0 Å². The lowest BCUT2D eigenvalue weighted by Crippen LogP contribution is -2.29. The minimum atomic E-state index is 0.462. The maximum atomic E-state index is 5.86. The van der Waals surface area contributed by atoms with Crippen molar-refractivity contribution in [2.24, 2.45) is 0 Å². The fourth-order valence-electron chi connectivity index (χ4n) is 2.70. The minimum absolute atomic E-state index is 0.462. The summed E-state index contributed by atoms with van der Waals surface area (Å²) in [6.07, 6.45) is 4.92. The number of thioether (sulfide) groups is 1. The molecule has 1 aromatic heterocycles. The number of anilines is 2. The third-order valence-corrected chi connectivity index (χ3v) is 5.69. The Bertz CT molecular complexity index is 645. The van der Waals surface area contributed by atoms with Gasteiger partial charge in [0.1, 0.15) is 5.75 Å². The molecule has 2 heterocycles. The number of nitrogens with two attached hydrogens (primary N) is 1. The first kappa shape index (κ1) is 18.3. The molecule has 1 aliphatic heterocycles. The average molecular weight is 380 g/mol. The summed E-state index contributed by atoms with van der Waals surface area (Å²) in [5, 5.41) is 3.17. The Morgan fingerprint density at radius 3 is 2.92 bits per heavy atom. The van der Waals surface area contributed by atoms with Crippen LogP contribution < -0.4 is 15.8 Å². The van der Waals surface area contributed by atoms with Crippen LogP contribution in [0.15, 0.2) is 29.2 Å². The number of aromatic nitrogens is 2. The lowest BCUT2D eigenvalue weighted by molar-refractivity contribution is 0.266. The summed E-state index contributed by atoms with van der Waals surface area (Å²) < 4.78 is 13.9. The molecule has 0 bridgehead atoms.